The van der Waals surface area contributed by atoms with E-state index in [0.29, 0.717) is 16.8 Å². The van der Waals surface area contributed by atoms with Gasteiger partial charge in [-0.15, -0.1) is 0 Å². The van der Waals surface area contributed by atoms with E-state index in [0.717, 1.165) is 29.5 Å². The number of nitrogens with one attached hydrogen (secondary N) is 2. The third-order valence-electron chi connectivity index (χ3n) is 3.85. The van der Waals surface area contributed by atoms with Crippen LogP contribution in [-0.4, -0.2) is 20.6 Å². The number of aryl methyl sites for hydroxylation is 2. The average molecular weight is 346 g/mol. The first kappa shape index (κ1) is 18.0. The number of para-hydroxylation sites is 1. The van der Waals surface area contributed by atoms with Crippen molar-refractivity contribution in [1.82, 2.24) is 0 Å². The molecule has 0 radical (unpaired) electrons. The second kappa shape index (κ2) is 7.05. The number of hydrogen-bond acceptors (Lipinski definition) is 3. The summed E-state index contributed by atoms with van der Waals surface area (Å²) in [5.74, 6) is -0.256. The Balaban J connectivity index is 2.37. The molecule has 0 bridgehead atoms. The van der Waals surface area contributed by atoms with Crippen molar-refractivity contribution < 1.29 is 13.2 Å². The highest BCUT2D eigenvalue weighted by Crippen LogP contribution is 2.24. The van der Waals surface area contributed by atoms with E-state index in [4.69, 9.17) is 0 Å². The van der Waals surface area contributed by atoms with Gasteiger partial charge in [-0.2, -0.15) is 0 Å². The lowest BCUT2D eigenvalue weighted by Crippen LogP contribution is -2.17. The number of benzene rings is 2. The van der Waals surface area contributed by atoms with Crippen LogP contribution in [0.4, 0.5) is 11.4 Å². The second-order valence-electron chi connectivity index (χ2n) is 5.77. The van der Waals surface area contributed by atoms with Gasteiger partial charge < -0.3 is 5.32 Å². The molecule has 0 fully saturated rings. The first-order chi connectivity index (χ1) is 11.2. The molecule has 0 aliphatic rings. The van der Waals surface area contributed by atoms with Gasteiger partial charge in [-0.05, 0) is 49.1 Å². The largest absolute Gasteiger partial charge is 0.321 e. The van der Waals surface area contributed by atoms with Crippen molar-refractivity contribution in [3.63, 3.8) is 0 Å². The predicted molar refractivity (Wildman–Crippen MR) is 98.2 cm³/mol. The van der Waals surface area contributed by atoms with E-state index in [1.54, 1.807) is 25.1 Å². The minimum Gasteiger partial charge on any atom is -0.321 e. The maximum absolute atomic E-state index is 12.7. The molecular formula is C18H22N2O3S. The Morgan fingerprint density at radius 2 is 1.75 bits per heavy atom. The van der Waals surface area contributed by atoms with E-state index >= 15 is 0 Å². The van der Waals surface area contributed by atoms with Gasteiger partial charge in [0.25, 0.3) is 5.91 Å². The number of carbonyl (C=O) groups excluding carboxylic acids is 1. The molecule has 0 atom stereocenters. The number of hydrogen-bond donors (Lipinski definition) is 2. The van der Waals surface area contributed by atoms with Crippen LogP contribution in [0.25, 0.3) is 0 Å². The predicted octanol–water partition coefficient (Wildman–Crippen LogP) is 3.49. The van der Waals surface area contributed by atoms with Crippen molar-refractivity contribution >= 4 is 27.3 Å². The highest BCUT2D eigenvalue weighted by atomic mass is 32.2. The normalized spacial score (nSPS) is 11.2. The Kier molecular flexibility index (Phi) is 5.29. The van der Waals surface area contributed by atoms with E-state index in [-0.39, 0.29) is 5.91 Å². The summed E-state index contributed by atoms with van der Waals surface area (Å²) < 4.78 is 25.3. The fourth-order valence-corrected chi connectivity index (χ4v) is 3.20. The Bertz CT molecular complexity index is 874. The fraction of sp³-hybridized carbons (Fsp3) is 0.278. The fourth-order valence-electron chi connectivity index (χ4n) is 2.57. The summed E-state index contributed by atoms with van der Waals surface area (Å²) in [5.41, 5.74) is 4.30. The van der Waals surface area contributed by atoms with E-state index in [1.807, 2.05) is 32.0 Å². The Labute approximate surface area is 143 Å². The summed E-state index contributed by atoms with van der Waals surface area (Å²) in [4.78, 5) is 12.7. The highest BCUT2D eigenvalue weighted by Gasteiger charge is 2.15. The molecule has 128 valence electrons. The summed E-state index contributed by atoms with van der Waals surface area (Å²) in [6.07, 6.45) is 1.89. The molecular weight excluding hydrogens is 324 g/mol. The van der Waals surface area contributed by atoms with Crippen LogP contribution in [-0.2, 0) is 16.4 Å². The summed E-state index contributed by atoms with van der Waals surface area (Å²) in [5, 5.41) is 2.96. The molecule has 0 aromatic heterocycles. The SMILES string of the molecule is CCc1cccc(C)c1NC(=O)c1cccc(NS(C)(=O)=O)c1C. The Morgan fingerprint density at radius 1 is 1.08 bits per heavy atom. The van der Waals surface area contributed by atoms with E-state index in [9.17, 15) is 13.2 Å². The molecule has 0 unspecified atom stereocenters. The molecule has 5 nitrogen and oxygen atoms in total. The standard InChI is InChI=1S/C18H22N2O3S/c1-5-14-9-6-8-12(2)17(14)19-18(21)15-10-7-11-16(13(15)3)20-24(4,22)23/h6-11,20H,5H2,1-4H3,(H,19,21). The van der Waals surface area contributed by atoms with Crippen molar-refractivity contribution in [2.24, 2.45) is 0 Å². The van der Waals surface area contributed by atoms with Crippen LogP contribution >= 0.6 is 0 Å². The lowest BCUT2D eigenvalue weighted by atomic mass is 10.0. The smallest absolute Gasteiger partial charge is 0.256 e. The molecule has 6 heteroatoms. The maximum Gasteiger partial charge on any atom is 0.256 e. The molecule has 0 saturated heterocycles. The second-order valence-corrected chi connectivity index (χ2v) is 7.52. The van der Waals surface area contributed by atoms with Gasteiger partial charge >= 0.3 is 0 Å². The molecule has 2 aromatic carbocycles. The van der Waals surface area contributed by atoms with Gasteiger partial charge in [0, 0.05) is 11.3 Å². The van der Waals surface area contributed by atoms with Crippen LogP contribution < -0.4 is 10.0 Å². The van der Waals surface area contributed by atoms with Crippen molar-refractivity contribution in [1.29, 1.82) is 0 Å². The van der Waals surface area contributed by atoms with E-state index < -0.39 is 10.0 Å². The van der Waals surface area contributed by atoms with Gasteiger partial charge in [-0.3, -0.25) is 9.52 Å². The molecule has 2 rings (SSSR count). The van der Waals surface area contributed by atoms with Gasteiger partial charge in [0.15, 0.2) is 0 Å². The van der Waals surface area contributed by atoms with Crippen LogP contribution in [0.1, 0.15) is 34.0 Å². The highest BCUT2D eigenvalue weighted by molar-refractivity contribution is 7.92. The van der Waals surface area contributed by atoms with E-state index in [2.05, 4.69) is 10.0 Å². The van der Waals surface area contributed by atoms with Crippen LogP contribution in [0.5, 0.6) is 0 Å². The molecule has 0 saturated carbocycles. The van der Waals surface area contributed by atoms with Gasteiger partial charge in [0.2, 0.25) is 10.0 Å². The molecule has 0 spiro atoms. The molecule has 0 aliphatic heterocycles. The van der Waals surface area contributed by atoms with Gasteiger partial charge in [0.05, 0.1) is 11.9 Å². The molecule has 0 aliphatic carbocycles. The summed E-state index contributed by atoms with van der Waals surface area (Å²) in [6.45, 7) is 5.70. The molecule has 1 amide bonds. The molecule has 2 aromatic rings. The quantitative estimate of drug-likeness (QED) is 0.870. The number of sulfonamides is 1. The summed E-state index contributed by atoms with van der Waals surface area (Å²) in [6, 6.07) is 10.9. The zero-order valence-corrected chi connectivity index (χ0v) is 15.1. The van der Waals surface area contributed by atoms with Gasteiger partial charge in [-0.1, -0.05) is 31.2 Å². The first-order valence-corrected chi connectivity index (χ1v) is 9.59. The summed E-state index contributed by atoms with van der Waals surface area (Å²) >= 11 is 0. The zero-order chi connectivity index (χ0) is 17.9. The molecule has 2 N–H and O–H groups in total. The van der Waals surface area contributed by atoms with E-state index in [1.165, 1.54) is 0 Å². The number of amides is 1. The molecule has 0 heterocycles. The van der Waals surface area contributed by atoms with Crippen molar-refractivity contribution in [2.75, 3.05) is 16.3 Å². The van der Waals surface area contributed by atoms with Gasteiger partial charge in [-0.25, -0.2) is 8.42 Å². The minimum atomic E-state index is -3.40. The average Bonchev–Trinajstić information content (AvgIpc) is 2.50. The van der Waals surface area contributed by atoms with Crippen molar-refractivity contribution in [3.8, 4) is 0 Å². The lowest BCUT2D eigenvalue weighted by molar-refractivity contribution is 0.102. The number of rotatable bonds is 5. The summed E-state index contributed by atoms with van der Waals surface area (Å²) in [7, 11) is -3.40. The van der Waals surface area contributed by atoms with Crippen molar-refractivity contribution in [3.05, 3.63) is 58.7 Å². The van der Waals surface area contributed by atoms with Crippen LogP contribution in [0.3, 0.4) is 0 Å². The van der Waals surface area contributed by atoms with Crippen LogP contribution in [0, 0.1) is 13.8 Å². The minimum absolute atomic E-state index is 0.256. The molecule has 24 heavy (non-hydrogen) atoms. The Hall–Kier alpha value is -2.34. The lowest BCUT2D eigenvalue weighted by Gasteiger charge is -2.15. The monoisotopic (exact) mass is 346 g/mol. The third-order valence-corrected chi connectivity index (χ3v) is 4.44. The van der Waals surface area contributed by atoms with Crippen LogP contribution in [0.2, 0.25) is 0 Å². The van der Waals surface area contributed by atoms with Crippen molar-refractivity contribution in [2.45, 2.75) is 27.2 Å². The van der Waals surface area contributed by atoms with Gasteiger partial charge in [0.1, 0.15) is 0 Å². The zero-order valence-electron chi connectivity index (χ0n) is 14.3. The number of carbonyl (C=O) groups is 1. The third kappa shape index (κ3) is 4.14. The maximum atomic E-state index is 12.7. The number of anilines is 2. The topological polar surface area (TPSA) is 75.3 Å². The Morgan fingerprint density at radius 3 is 2.38 bits per heavy atom. The van der Waals surface area contributed by atoms with Crippen LogP contribution in [0.15, 0.2) is 36.4 Å². The first-order valence-electron chi connectivity index (χ1n) is 7.70.